The first-order valence-corrected chi connectivity index (χ1v) is 8.82. The lowest BCUT2D eigenvalue weighted by Gasteiger charge is -2.10. The first-order valence-electron chi connectivity index (χ1n) is 8.82. The minimum atomic E-state index is -0.370. The molecule has 0 radical (unpaired) electrons. The molecule has 0 aliphatic carbocycles. The Labute approximate surface area is 167 Å². The Morgan fingerprint density at radius 1 is 0.897 bits per heavy atom. The van der Waals surface area contributed by atoms with E-state index in [1.54, 1.807) is 54.6 Å². The van der Waals surface area contributed by atoms with Crippen molar-refractivity contribution in [3.05, 3.63) is 66.2 Å². The number of Topliss-reactive ketones (excluding diaryl/α,β-unsaturated/α-hetero) is 1. The van der Waals surface area contributed by atoms with Crippen molar-refractivity contribution in [2.24, 2.45) is 0 Å². The van der Waals surface area contributed by atoms with Gasteiger partial charge in [-0.25, -0.2) is 0 Å². The number of aromatic nitrogens is 2. The topological polar surface area (TPSA) is 102 Å². The van der Waals surface area contributed by atoms with E-state index in [2.05, 4.69) is 20.8 Å². The minimum Gasteiger partial charge on any atom is -0.493 e. The van der Waals surface area contributed by atoms with Crippen LogP contribution in [-0.4, -0.2) is 35.6 Å². The SMILES string of the molecule is COc1ccccc1OCC(=O)Nc1ccc(Nc2ccc(C(C)=O)cc2)nn1. The number of benzene rings is 2. The van der Waals surface area contributed by atoms with Crippen LogP contribution in [0.1, 0.15) is 17.3 Å². The fourth-order valence-corrected chi connectivity index (χ4v) is 2.46. The van der Waals surface area contributed by atoms with Gasteiger partial charge in [-0.3, -0.25) is 9.59 Å². The number of ketones is 1. The van der Waals surface area contributed by atoms with Crippen LogP contribution < -0.4 is 20.1 Å². The second-order valence-corrected chi connectivity index (χ2v) is 6.05. The van der Waals surface area contributed by atoms with Crippen LogP contribution in [0.3, 0.4) is 0 Å². The lowest BCUT2D eigenvalue weighted by atomic mass is 10.1. The van der Waals surface area contributed by atoms with Gasteiger partial charge in [0.1, 0.15) is 0 Å². The fourth-order valence-electron chi connectivity index (χ4n) is 2.46. The summed E-state index contributed by atoms with van der Waals surface area (Å²) in [4.78, 5) is 23.4. The molecule has 2 aromatic carbocycles. The molecular weight excluding hydrogens is 372 g/mol. The van der Waals surface area contributed by atoms with E-state index in [9.17, 15) is 9.59 Å². The van der Waals surface area contributed by atoms with Gasteiger partial charge < -0.3 is 20.1 Å². The van der Waals surface area contributed by atoms with Crippen molar-refractivity contribution in [3.63, 3.8) is 0 Å². The van der Waals surface area contributed by atoms with E-state index in [1.807, 2.05) is 6.07 Å². The van der Waals surface area contributed by atoms with Crippen molar-refractivity contribution in [2.45, 2.75) is 6.92 Å². The summed E-state index contributed by atoms with van der Waals surface area (Å²) in [6, 6.07) is 17.4. The van der Waals surface area contributed by atoms with E-state index in [0.717, 1.165) is 5.69 Å². The molecule has 0 spiro atoms. The van der Waals surface area contributed by atoms with Gasteiger partial charge in [0, 0.05) is 11.3 Å². The molecule has 3 aromatic rings. The third-order valence-corrected chi connectivity index (χ3v) is 3.92. The zero-order valence-electron chi connectivity index (χ0n) is 16.0. The van der Waals surface area contributed by atoms with Crippen LogP contribution in [0, 0.1) is 0 Å². The van der Waals surface area contributed by atoms with Gasteiger partial charge in [-0.15, -0.1) is 10.2 Å². The fraction of sp³-hybridized carbons (Fsp3) is 0.143. The first kappa shape index (κ1) is 19.8. The van der Waals surface area contributed by atoms with Crippen LogP contribution in [-0.2, 0) is 4.79 Å². The molecule has 1 aromatic heterocycles. The number of carbonyl (C=O) groups is 2. The molecule has 3 rings (SSSR count). The lowest BCUT2D eigenvalue weighted by Crippen LogP contribution is -2.21. The molecule has 0 aliphatic heterocycles. The number of nitrogens with one attached hydrogen (secondary N) is 2. The van der Waals surface area contributed by atoms with Crippen LogP contribution in [0.2, 0.25) is 0 Å². The zero-order valence-corrected chi connectivity index (χ0v) is 16.0. The quantitative estimate of drug-likeness (QED) is 0.566. The Kier molecular flexibility index (Phi) is 6.36. The molecule has 0 aliphatic rings. The maximum Gasteiger partial charge on any atom is 0.263 e. The summed E-state index contributed by atoms with van der Waals surface area (Å²) in [5.74, 6) is 1.47. The predicted molar refractivity (Wildman–Crippen MR) is 109 cm³/mol. The number of hydrogen-bond acceptors (Lipinski definition) is 7. The molecule has 29 heavy (non-hydrogen) atoms. The largest absolute Gasteiger partial charge is 0.493 e. The van der Waals surface area contributed by atoms with Gasteiger partial charge in [0.25, 0.3) is 5.91 Å². The normalized spacial score (nSPS) is 10.1. The van der Waals surface area contributed by atoms with Gasteiger partial charge in [-0.2, -0.15) is 0 Å². The predicted octanol–water partition coefficient (Wildman–Crippen LogP) is 3.45. The van der Waals surface area contributed by atoms with Crippen LogP contribution in [0.15, 0.2) is 60.7 Å². The summed E-state index contributed by atoms with van der Waals surface area (Å²) in [6.07, 6.45) is 0. The lowest BCUT2D eigenvalue weighted by molar-refractivity contribution is -0.118. The van der Waals surface area contributed by atoms with Crippen molar-refractivity contribution in [1.29, 1.82) is 0 Å². The molecular formula is C21H20N4O4. The summed E-state index contributed by atoms with van der Waals surface area (Å²) in [7, 11) is 1.53. The molecule has 0 saturated carbocycles. The molecule has 8 nitrogen and oxygen atoms in total. The van der Waals surface area contributed by atoms with Crippen LogP contribution in [0.4, 0.5) is 17.3 Å². The van der Waals surface area contributed by atoms with Crippen molar-refractivity contribution < 1.29 is 19.1 Å². The van der Waals surface area contributed by atoms with E-state index in [4.69, 9.17) is 9.47 Å². The van der Waals surface area contributed by atoms with Crippen LogP contribution in [0.25, 0.3) is 0 Å². The minimum absolute atomic E-state index is 0.00567. The number of ether oxygens (including phenoxy) is 2. The van der Waals surface area contributed by atoms with Crippen molar-refractivity contribution in [2.75, 3.05) is 24.4 Å². The monoisotopic (exact) mass is 392 g/mol. The number of para-hydroxylation sites is 2. The van der Waals surface area contributed by atoms with E-state index < -0.39 is 0 Å². The summed E-state index contributed by atoms with van der Waals surface area (Å²) in [6.45, 7) is 1.33. The molecule has 0 unspecified atom stereocenters. The molecule has 148 valence electrons. The molecule has 1 heterocycles. The maximum absolute atomic E-state index is 12.1. The molecule has 2 N–H and O–H groups in total. The highest BCUT2D eigenvalue weighted by atomic mass is 16.5. The highest BCUT2D eigenvalue weighted by Gasteiger charge is 2.08. The van der Waals surface area contributed by atoms with Gasteiger partial charge in [0.05, 0.1) is 7.11 Å². The van der Waals surface area contributed by atoms with E-state index >= 15 is 0 Å². The van der Waals surface area contributed by atoms with Crippen molar-refractivity contribution in [1.82, 2.24) is 10.2 Å². The standard InChI is InChI=1S/C21H20N4O4/c1-14(26)15-7-9-16(10-8-15)22-19-11-12-20(25-24-19)23-21(27)13-29-18-6-4-3-5-17(18)28-2/h3-12H,13H2,1-2H3,(H,22,24)(H,23,25,27). The second-order valence-electron chi connectivity index (χ2n) is 6.05. The molecule has 0 bridgehead atoms. The molecule has 1 amide bonds. The van der Waals surface area contributed by atoms with Crippen LogP contribution in [0.5, 0.6) is 11.5 Å². The molecule has 8 heteroatoms. The summed E-state index contributed by atoms with van der Waals surface area (Å²) >= 11 is 0. The molecule has 0 fully saturated rings. The Morgan fingerprint density at radius 3 is 2.17 bits per heavy atom. The number of anilines is 3. The number of methoxy groups -OCH3 is 1. The highest BCUT2D eigenvalue weighted by molar-refractivity contribution is 5.94. The zero-order chi connectivity index (χ0) is 20.6. The first-order chi connectivity index (χ1) is 14.0. The molecule has 0 saturated heterocycles. The third-order valence-electron chi connectivity index (χ3n) is 3.92. The number of carbonyl (C=O) groups excluding carboxylic acids is 2. The van der Waals surface area contributed by atoms with E-state index in [1.165, 1.54) is 14.0 Å². The summed E-state index contributed by atoms with van der Waals surface area (Å²) < 4.78 is 10.6. The number of nitrogens with zero attached hydrogens (tertiary/aromatic N) is 2. The Morgan fingerprint density at radius 2 is 1.55 bits per heavy atom. The van der Waals surface area contributed by atoms with Gasteiger partial charge in [0.2, 0.25) is 0 Å². The summed E-state index contributed by atoms with van der Waals surface area (Å²) in [5.41, 5.74) is 1.40. The van der Waals surface area contributed by atoms with E-state index in [0.29, 0.717) is 28.7 Å². The van der Waals surface area contributed by atoms with Gasteiger partial charge in [-0.05, 0) is 55.5 Å². The third kappa shape index (κ3) is 5.52. The average molecular weight is 392 g/mol. The van der Waals surface area contributed by atoms with E-state index in [-0.39, 0.29) is 18.3 Å². The van der Waals surface area contributed by atoms with Gasteiger partial charge in [-0.1, -0.05) is 12.1 Å². The second kappa shape index (κ2) is 9.32. The van der Waals surface area contributed by atoms with Gasteiger partial charge in [0.15, 0.2) is 35.5 Å². The van der Waals surface area contributed by atoms with Crippen molar-refractivity contribution >= 4 is 29.0 Å². The highest BCUT2D eigenvalue weighted by Crippen LogP contribution is 2.25. The smallest absolute Gasteiger partial charge is 0.263 e. The summed E-state index contributed by atoms with van der Waals surface area (Å²) in [5, 5.41) is 13.7. The Balaban J connectivity index is 1.53. The molecule has 0 atom stereocenters. The number of hydrogen-bond donors (Lipinski definition) is 2. The van der Waals surface area contributed by atoms with Crippen LogP contribution >= 0.6 is 0 Å². The average Bonchev–Trinajstić information content (AvgIpc) is 2.74. The Hall–Kier alpha value is -3.94. The number of rotatable bonds is 8. The Bertz CT molecular complexity index is 988. The van der Waals surface area contributed by atoms with Gasteiger partial charge >= 0.3 is 0 Å². The number of amides is 1. The van der Waals surface area contributed by atoms with Crippen molar-refractivity contribution in [3.8, 4) is 11.5 Å². The maximum atomic E-state index is 12.1.